The molecule has 1 saturated heterocycles. The molecule has 0 amide bonds. The van der Waals surface area contributed by atoms with Crippen molar-refractivity contribution in [3.8, 4) is 0 Å². The van der Waals surface area contributed by atoms with Gasteiger partial charge in [-0.1, -0.05) is 0 Å². The Balaban J connectivity index is 2.41. The lowest BCUT2D eigenvalue weighted by Crippen LogP contribution is -2.41. The van der Waals surface area contributed by atoms with Gasteiger partial charge in [0, 0.05) is 6.54 Å². The van der Waals surface area contributed by atoms with Crippen LogP contribution >= 0.6 is 0 Å². The second-order valence-electron chi connectivity index (χ2n) is 3.17. The molecule has 13 heavy (non-hydrogen) atoms. The van der Waals surface area contributed by atoms with E-state index in [1.165, 1.54) is 0 Å². The Bertz CT molecular complexity index is 211. The lowest BCUT2D eigenvalue weighted by molar-refractivity contribution is -0.139. The Labute approximate surface area is 76.3 Å². The Morgan fingerprint density at radius 3 is 2.77 bits per heavy atom. The molecule has 73 valence electrons. The van der Waals surface area contributed by atoms with E-state index in [9.17, 15) is 9.59 Å². The SMILES string of the molecule is N[C@@H](CC(=O)O)C(=O)C1CCC[N]1. The Kier molecular flexibility index (Phi) is 3.39. The molecule has 1 aliphatic heterocycles. The summed E-state index contributed by atoms with van der Waals surface area (Å²) in [5.41, 5.74) is 5.41. The number of Topliss-reactive ketones (excluding diaryl/α,β-unsaturated/α-hetero) is 1. The molecule has 2 atom stereocenters. The van der Waals surface area contributed by atoms with Crippen LogP contribution < -0.4 is 11.1 Å². The van der Waals surface area contributed by atoms with E-state index in [0.29, 0.717) is 13.0 Å². The molecule has 0 aromatic carbocycles. The monoisotopic (exact) mass is 185 g/mol. The maximum absolute atomic E-state index is 11.4. The zero-order chi connectivity index (χ0) is 9.84. The van der Waals surface area contributed by atoms with Crippen LogP contribution in [0, 0.1) is 0 Å². The van der Waals surface area contributed by atoms with Gasteiger partial charge in [0.25, 0.3) is 0 Å². The summed E-state index contributed by atoms with van der Waals surface area (Å²) < 4.78 is 0. The molecule has 1 unspecified atom stereocenters. The number of carbonyl (C=O) groups is 2. The van der Waals surface area contributed by atoms with Gasteiger partial charge in [0.1, 0.15) is 0 Å². The normalized spacial score (nSPS) is 24.2. The molecule has 0 saturated carbocycles. The van der Waals surface area contributed by atoms with Crippen molar-refractivity contribution in [3.05, 3.63) is 0 Å². The molecule has 0 aromatic rings. The number of hydrogen-bond donors (Lipinski definition) is 2. The highest BCUT2D eigenvalue weighted by Gasteiger charge is 2.28. The van der Waals surface area contributed by atoms with Crippen LogP contribution in [0.5, 0.6) is 0 Å². The van der Waals surface area contributed by atoms with Gasteiger partial charge >= 0.3 is 5.97 Å². The molecule has 1 radical (unpaired) electrons. The fourth-order valence-electron chi connectivity index (χ4n) is 1.39. The number of hydrogen-bond acceptors (Lipinski definition) is 3. The highest BCUT2D eigenvalue weighted by atomic mass is 16.4. The van der Waals surface area contributed by atoms with Gasteiger partial charge in [0.15, 0.2) is 5.78 Å². The molecule has 0 spiro atoms. The number of aliphatic carboxylic acids is 1. The summed E-state index contributed by atoms with van der Waals surface area (Å²) in [7, 11) is 0. The standard InChI is InChI=1S/C8H13N2O3/c9-5(4-7(11)12)8(13)6-2-1-3-10-6/h5-6H,1-4,9H2,(H,11,12)/t5-,6?/m0/s1. The van der Waals surface area contributed by atoms with Gasteiger partial charge in [-0.3, -0.25) is 9.59 Å². The number of carboxylic acids is 1. The van der Waals surface area contributed by atoms with Crippen LogP contribution in [-0.4, -0.2) is 35.5 Å². The lowest BCUT2D eigenvalue weighted by atomic mass is 10.0. The second-order valence-corrected chi connectivity index (χ2v) is 3.17. The minimum Gasteiger partial charge on any atom is -0.481 e. The van der Waals surface area contributed by atoms with Gasteiger partial charge in [0.05, 0.1) is 18.5 Å². The molecular formula is C8H13N2O3. The fourth-order valence-corrected chi connectivity index (χ4v) is 1.39. The van der Waals surface area contributed by atoms with Gasteiger partial charge in [-0.15, -0.1) is 0 Å². The number of rotatable bonds is 4. The Morgan fingerprint density at radius 1 is 1.62 bits per heavy atom. The van der Waals surface area contributed by atoms with E-state index in [-0.39, 0.29) is 18.2 Å². The first-order valence-electron chi connectivity index (χ1n) is 4.29. The molecular weight excluding hydrogens is 172 g/mol. The summed E-state index contributed by atoms with van der Waals surface area (Å²) in [6, 6.07) is -1.25. The van der Waals surface area contributed by atoms with E-state index in [0.717, 1.165) is 6.42 Å². The predicted molar refractivity (Wildman–Crippen MR) is 45.3 cm³/mol. The molecule has 5 nitrogen and oxygen atoms in total. The van der Waals surface area contributed by atoms with Crippen LogP contribution in [-0.2, 0) is 9.59 Å². The molecule has 1 heterocycles. The van der Waals surface area contributed by atoms with Gasteiger partial charge in [-0.2, -0.15) is 0 Å². The van der Waals surface area contributed by atoms with Crippen LogP contribution in [0.2, 0.25) is 0 Å². The van der Waals surface area contributed by atoms with Crippen LogP contribution in [0.3, 0.4) is 0 Å². The summed E-state index contributed by atoms with van der Waals surface area (Å²) in [5.74, 6) is -1.28. The molecule has 0 aromatic heterocycles. The van der Waals surface area contributed by atoms with Gasteiger partial charge in [-0.05, 0) is 12.8 Å². The Morgan fingerprint density at radius 2 is 2.31 bits per heavy atom. The zero-order valence-electron chi connectivity index (χ0n) is 7.27. The van der Waals surface area contributed by atoms with Crippen molar-refractivity contribution in [2.45, 2.75) is 31.3 Å². The highest BCUT2D eigenvalue weighted by molar-refractivity contribution is 5.91. The minimum absolute atomic E-state index is 0.236. The van der Waals surface area contributed by atoms with E-state index < -0.39 is 12.0 Å². The van der Waals surface area contributed by atoms with Crippen molar-refractivity contribution in [1.29, 1.82) is 0 Å². The topological polar surface area (TPSA) is 94.5 Å². The average Bonchev–Trinajstić information content (AvgIpc) is 2.53. The van der Waals surface area contributed by atoms with Crippen molar-refractivity contribution < 1.29 is 14.7 Å². The van der Waals surface area contributed by atoms with E-state index in [1.54, 1.807) is 0 Å². The summed E-state index contributed by atoms with van der Waals surface area (Å²) in [6.45, 7) is 0.691. The fraction of sp³-hybridized carbons (Fsp3) is 0.750. The number of ketones is 1. The molecule has 1 fully saturated rings. The number of carboxylic acid groups (broad SMARTS) is 1. The summed E-state index contributed by atoms with van der Waals surface area (Å²) >= 11 is 0. The minimum atomic E-state index is -1.04. The van der Waals surface area contributed by atoms with E-state index in [4.69, 9.17) is 10.8 Å². The van der Waals surface area contributed by atoms with Crippen LogP contribution in [0.25, 0.3) is 0 Å². The van der Waals surface area contributed by atoms with Crippen LogP contribution in [0.1, 0.15) is 19.3 Å². The van der Waals surface area contributed by atoms with Crippen molar-refractivity contribution in [1.82, 2.24) is 5.32 Å². The largest absolute Gasteiger partial charge is 0.481 e. The maximum atomic E-state index is 11.4. The molecule has 3 N–H and O–H groups in total. The summed E-state index contributed by atoms with van der Waals surface area (Å²) in [5, 5.41) is 12.5. The first kappa shape index (κ1) is 10.1. The second kappa shape index (κ2) is 4.34. The zero-order valence-corrected chi connectivity index (χ0v) is 7.27. The van der Waals surface area contributed by atoms with Crippen LogP contribution in [0.15, 0.2) is 0 Å². The molecule has 1 rings (SSSR count). The molecule has 1 aliphatic rings. The quantitative estimate of drug-likeness (QED) is 0.594. The smallest absolute Gasteiger partial charge is 0.305 e. The maximum Gasteiger partial charge on any atom is 0.305 e. The third-order valence-corrected chi connectivity index (χ3v) is 2.07. The van der Waals surface area contributed by atoms with Crippen molar-refractivity contribution in [2.24, 2.45) is 5.73 Å². The predicted octanol–water partition coefficient (Wildman–Crippen LogP) is -0.876. The number of nitrogens with two attached hydrogens (primary N) is 1. The van der Waals surface area contributed by atoms with Crippen molar-refractivity contribution in [2.75, 3.05) is 6.54 Å². The van der Waals surface area contributed by atoms with E-state index in [2.05, 4.69) is 5.32 Å². The van der Waals surface area contributed by atoms with E-state index >= 15 is 0 Å². The molecule has 0 bridgehead atoms. The molecule has 0 aliphatic carbocycles. The Hall–Kier alpha value is -0.940. The summed E-state index contributed by atoms with van der Waals surface area (Å²) in [4.78, 5) is 21.7. The average molecular weight is 185 g/mol. The number of nitrogens with zero attached hydrogens (tertiary/aromatic N) is 1. The third-order valence-electron chi connectivity index (χ3n) is 2.07. The van der Waals surface area contributed by atoms with Crippen LogP contribution in [0.4, 0.5) is 0 Å². The molecule has 5 heteroatoms. The first-order valence-corrected chi connectivity index (χ1v) is 4.29. The van der Waals surface area contributed by atoms with E-state index in [1.807, 2.05) is 0 Å². The highest BCUT2D eigenvalue weighted by Crippen LogP contribution is 2.10. The third kappa shape index (κ3) is 2.78. The first-order chi connectivity index (χ1) is 6.11. The summed E-state index contributed by atoms with van der Waals surface area (Å²) in [6.07, 6.45) is 1.31. The van der Waals surface area contributed by atoms with Gasteiger partial charge in [0.2, 0.25) is 0 Å². The van der Waals surface area contributed by atoms with Crippen molar-refractivity contribution >= 4 is 11.8 Å². The lowest BCUT2D eigenvalue weighted by Gasteiger charge is -2.12. The number of carbonyl (C=O) groups excluding carboxylic acids is 1. The van der Waals surface area contributed by atoms with Crippen molar-refractivity contribution in [3.63, 3.8) is 0 Å². The van der Waals surface area contributed by atoms with Gasteiger partial charge < -0.3 is 10.8 Å². The van der Waals surface area contributed by atoms with Gasteiger partial charge in [-0.25, -0.2) is 5.32 Å².